The minimum Gasteiger partial charge on any atom is -0.367 e. The Kier molecular flexibility index (Phi) is 6.75. The maximum absolute atomic E-state index is 13.5. The molecule has 2 fully saturated rings. The van der Waals surface area contributed by atoms with Crippen molar-refractivity contribution in [3.8, 4) is 0 Å². The third-order valence-electron chi connectivity index (χ3n) is 6.89. The van der Waals surface area contributed by atoms with Crippen LogP contribution in [0.25, 0.3) is 11.7 Å². The van der Waals surface area contributed by atoms with Crippen molar-refractivity contribution in [2.45, 2.75) is 51.6 Å². The molecule has 1 amide bonds. The first kappa shape index (κ1) is 23.8. The molecular formula is C27H28N4O2S2. The van der Waals surface area contributed by atoms with Gasteiger partial charge in [-0.1, -0.05) is 67.3 Å². The van der Waals surface area contributed by atoms with Crippen molar-refractivity contribution >= 4 is 51.7 Å². The van der Waals surface area contributed by atoms with E-state index in [2.05, 4.69) is 12.2 Å². The van der Waals surface area contributed by atoms with E-state index in [0.29, 0.717) is 26.3 Å². The lowest BCUT2D eigenvalue weighted by atomic mass is 9.87. The van der Waals surface area contributed by atoms with Crippen LogP contribution >= 0.6 is 24.0 Å². The molecule has 1 aromatic carbocycles. The number of carbonyl (C=O) groups is 1. The van der Waals surface area contributed by atoms with Gasteiger partial charge < -0.3 is 5.32 Å². The maximum atomic E-state index is 13.5. The Morgan fingerprint density at radius 2 is 1.80 bits per heavy atom. The van der Waals surface area contributed by atoms with Crippen LogP contribution in [-0.4, -0.2) is 30.6 Å². The molecule has 1 saturated heterocycles. The van der Waals surface area contributed by atoms with E-state index < -0.39 is 0 Å². The molecule has 1 atom stereocenters. The minimum absolute atomic E-state index is 0.189. The number of thiocarbonyl (C=S) groups is 1. The molecule has 35 heavy (non-hydrogen) atoms. The second-order valence-electron chi connectivity index (χ2n) is 9.35. The molecule has 2 aromatic heterocycles. The van der Waals surface area contributed by atoms with E-state index in [1.165, 1.54) is 16.2 Å². The highest BCUT2D eigenvalue weighted by molar-refractivity contribution is 8.26. The van der Waals surface area contributed by atoms with Gasteiger partial charge in [0.05, 0.1) is 16.5 Å². The molecule has 0 spiro atoms. The molecule has 0 bridgehead atoms. The quantitative estimate of drug-likeness (QED) is 0.358. The number of aromatic nitrogens is 2. The second kappa shape index (κ2) is 9.95. The number of hydrogen-bond acceptors (Lipinski definition) is 6. The zero-order valence-electron chi connectivity index (χ0n) is 19.8. The number of benzene rings is 1. The Morgan fingerprint density at radius 1 is 1.09 bits per heavy atom. The van der Waals surface area contributed by atoms with Crippen molar-refractivity contribution in [1.29, 1.82) is 0 Å². The summed E-state index contributed by atoms with van der Waals surface area (Å²) in [4.78, 5) is 33.8. The molecule has 3 heterocycles. The maximum Gasteiger partial charge on any atom is 0.267 e. The number of pyridine rings is 1. The van der Waals surface area contributed by atoms with Crippen LogP contribution in [0, 0.1) is 5.92 Å². The van der Waals surface area contributed by atoms with Gasteiger partial charge in [-0.05, 0) is 62.3 Å². The first-order valence-corrected chi connectivity index (χ1v) is 13.2. The van der Waals surface area contributed by atoms with E-state index in [-0.39, 0.29) is 23.6 Å². The highest BCUT2D eigenvalue weighted by Gasteiger charge is 2.36. The highest BCUT2D eigenvalue weighted by Crippen LogP contribution is 2.38. The van der Waals surface area contributed by atoms with Gasteiger partial charge in [0.25, 0.3) is 11.5 Å². The van der Waals surface area contributed by atoms with E-state index in [1.807, 2.05) is 49.4 Å². The lowest BCUT2D eigenvalue weighted by molar-refractivity contribution is -0.123. The van der Waals surface area contributed by atoms with Gasteiger partial charge in [-0.15, -0.1) is 0 Å². The fourth-order valence-electron chi connectivity index (χ4n) is 4.77. The number of nitrogens with zero attached hydrogens (tertiary/aromatic N) is 3. The molecule has 6 nitrogen and oxygen atoms in total. The second-order valence-corrected chi connectivity index (χ2v) is 11.0. The average molecular weight is 505 g/mol. The number of nitrogens with one attached hydrogen (secondary N) is 1. The van der Waals surface area contributed by atoms with Crippen molar-refractivity contribution in [1.82, 2.24) is 14.3 Å². The summed E-state index contributed by atoms with van der Waals surface area (Å²) in [6.07, 6.45) is 7.74. The van der Waals surface area contributed by atoms with Crippen LogP contribution in [0.1, 0.15) is 56.7 Å². The fraction of sp³-hybridized carbons (Fsp3) is 0.333. The van der Waals surface area contributed by atoms with Crippen molar-refractivity contribution in [2.24, 2.45) is 5.92 Å². The van der Waals surface area contributed by atoms with Crippen molar-refractivity contribution in [2.75, 3.05) is 5.32 Å². The molecular weight excluding hydrogens is 476 g/mol. The molecule has 1 aliphatic heterocycles. The van der Waals surface area contributed by atoms with Crippen LogP contribution in [0.2, 0.25) is 0 Å². The van der Waals surface area contributed by atoms with Crippen LogP contribution in [0.5, 0.6) is 0 Å². The minimum atomic E-state index is -0.205. The summed E-state index contributed by atoms with van der Waals surface area (Å²) in [6, 6.07) is 15.4. The number of anilines is 1. The third-order valence-corrected chi connectivity index (χ3v) is 8.22. The molecule has 2 aliphatic rings. The Labute approximate surface area is 214 Å². The summed E-state index contributed by atoms with van der Waals surface area (Å²) < 4.78 is 2.01. The first-order valence-electron chi connectivity index (χ1n) is 12.0. The summed E-state index contributed by atoms with van der Waals surface area (Å²) in [6.45, 7) is 4.24. The van der Waals surface area contributed by atoms with Gasteiger partial charge in [0.1, 0.15) is 15.8 Å². The van der Waals surface area contributed by atoms with Gasteiger partial charge >= 0.3 is 0 Å². The number of hydrogen-bond donors (Lipinski definition) is 1. The van der Waals surface area contributed by atoms with Gasteiger partial charge in [-0.2, -0.15) is 0 Å². The number of rotatable bonds is 5. The van der Waals surface area contributed by atoms with E-state index >= 15 is 0 Å². The molecule has 0 radical (unpaired) electrons. The molecule has 8 heteroatoms. The Balaban J connectivity index is 1.52. The van der Waals surface area contributed by atoms with Gasteiger partial charge in [0.15, 0.2) is 0 Å². The van der Waals surface area contributed by atoms with Crippen LogP contribution in [0.4, 0.5) is 5.82 Å². The first-order chi connectivity index (χ1) is 16.9. The standard InChI is InChI=1S/C27H28N4O2S2/c1-17-11-13-20(14-12-17)28-24-21(25(32)30-15-7-6-10-23(30)29-24)16-22-26(33)31(27(34)35-22)18(2)19-8-4-3-5-9-19/h3-10,15-18,20,28H,11-14H2,1-2H3. The molecule has 1 unspecified atom stereocenters. The Hall–Kier alpha value is -2.97. The number of amides is 1. The predicted molar refractivity (Wildman–Crippen MR) is 146 cm³/mol. The van der Waals surface area contributed by atoms with E-state index in [4.69, 9.17) is 17.2 Å². The zero-order chi connectivity index (χ0) is 24.5. The normalized spacial score (nSPS) is 22.7. The lowest BCUT2D eigenvalue weighted by Gasteiger charge is -2.27. The number of carbonyl (C=O) groups excluding carboxylic acids is 1. The fourth-order valence-corrected chi connectivity index (χ4v) is 6.17. The van der Waals surface area contributed by atoms with Gasteiger partial charge in [-0.3, -0.25) is 18.9 Å². The zero-order valence-corrected chi connectivity index (χ0v) is 21.4. The predicted octanol–water partition coefficient (Wildman–Crippen LogP) is 5.65. The third kappa shape index (κ3) is 4.77. The summed E-state index contributed by atoms with van der Waals surface area (Å²) in [5.41, 5.74) is 1.77. The van der Waals surface area contributed by atoms with E-state index in [0.717, 1.165) is 37.2 Å². The Morgan fingerprint density at radius 3 is 2.54 bits per heavy atom. The Bertz CT molecular complexity index is 1360. The summed E-state index contributed by atoms with van der Waals surface area (Å²) in [5, 5.41) is 3.53. The monoisotopic (exact) mass is 504 g/mol. The smallest absolute Gasteiger partial charge is 0.267 e. The molecule has 1 saturated carbocycles. The van der Waals surface area contributed by atoms with E-state index in [9.17, 15) is 9.59 Å². The average Bonchev–Trinajstić information content (AvgIpc) is 3.15. The molecule has 5 rings (SSSR count). The summed E-state index contributed by atoms with van der Waals surface area (Å²) in [7, 11) is 0. The summed E-state index contributed by atoms with van der Waals surface area (Å²) >= 11 is 6.82. The van der Waals surface area contributed by atoms with Crippen LogP contribution < -0.4 is 10.9 Å². The van der Waals surface area contributed by atoms with Crippen LogP contribution in [0.3, 0.4) is 0 Å². The summed E-state index contributed by atoms with van der Waals surface area (Å²) in [5.74, 6) is 1.06. The van der Waals surface area contributed by atoms with Crippen molar-refractivity contribution in [3.63, 3.8) is 0 Å². The number of thioether (sulfide) groups is 1. The highest BCUT2D eigenvalue weighted by atomic mass is 32.2. The van der Waals surface area contributed by atoms with E-state index in [1.54, 1.807) is 23.2 Å². The molecule has 1 N–H and O–H groups in total. The molecule has 1 aliphatic carbocycles. The number of fused-ring (bicyclic) bond motifs is 1. The topological polar surface area (TPSA) is 66.7 Å². The largest absolute Gasteiger partial charge is 0.367 e. The molecule has 180 valence electrons. The van der Waals surface area contributed by atoms with Gasteiger partial charge in [0.2, 0.25) is 0 Å². The lowest BCUT2D eigenvalue weighted by Crippen LogP contribution is -2.31. The molecule has 3 aromatic rings. The van der Waals surface area contributed by atoms with Gasteiger partial charge in [-0.25, -0.2) is 4.98 Å². The SMILES string of the molecule is CC1CCC(Nc2nc3ccccn3c(=O)c2C=C2SC(=S)N(C(C)c3ccccc3)C2=O)CC1. The van der Waals surface area contributed by atoms with Gasteiger partial charge in [0, 0.05) is 12.2 Å². The van der Waals surface area contributed by atoms with Crippen LogP contribution in [0.15, 0.2) is 64.4 Å². The van der Waals surface area contributed by atoms with Crippen molar-refractivity contribution in [3.05, 3.63) is 81.1 Å². The van der Waals surface area contributed by atoms with Crippen LogP contribution in [-0.2, 0) is 4.79 Å². The van der Waals surface area contributed by atoms with Crippen molar-refractivity contribution < 1.29 is 4.79 Å².